The van der Waals surface area contributed by atoms with Gasteiger partial charge in [-0.3, -0.25) is 0 Å². The van der Waals surface area contributed by atoms with Crippen LogP contribution in [0.1, 0.15) is 77.6 Å². The van der Waals surface area contributed by atoms with Crippen molar-refractivity contribution in [3.8, 4) is 44.8 Å². The van der Waals surface area contributed by atoms with Gasteiger partial charge in [-0.25, -0.2) is 0 Å². The standard InChI is InChI=1S/C65H54BN3/c1-63(2,3)41-29-34-55-49(35-41)51-36-42(64(4,5)6)37-53-60(51)68(55)56-38-50-45-23-15-17-25-52(45)65(7,8)58(50)57-48-33-32-47-46-24-16-18-26-54(46)67(43-21-13-10-14-22-43)61(47)62(48)69(66(53)59(56)57)44-30-27-40(28-31-44)39-19-11-9-12-20-39/h9-38H,1-8H3. The molecule has 0 fully saturated rings. The third-order valence-electron chi connectivity index (χ3n) is 16.1. The van der Waals surface area contributed by atoms with Gasteiger partial charge in [-0.1, -0.05) is 183 Å². The molecule has 3 aliphatic rings. The van der Waals surface area contributed by atoms with Gasteiger partial charge in [0.15, 0.2) is 0 Å². The molecule has 9 aromatic carbocycles. The Morgan fingerprint density at radius 1 is 0.449 bits per heavy atom. The molecule has 0 amide bonds. The maximum absolute atomic E-state index is 2.76. The molecule has 0 saturated heterocycles. The zero-order chi connectivity index (χ0) is 46.9. The highest BCUT2D eigenvalue weighted by atomic mass is 15.1. The molecule has 3 nitrogen and oxygen atoms in total. The third-order valence-corrected chi connectivity index (χ3v) is 16.1. The van der Waals surface area contributed by atoms with E-state index in [1.165, 1.54) is 127 Å². The second-order valence-electron chi connectivity index (χ2n) is 22.5. The zero-order valence-electron chi connectivity index (χ0n) is 40.7. The summed E-state index contributed by atoms with van der Waals surface area (Å²) in [7, 11) is 0. The second kappa shape index (κ2) is 13.8. The maximum Gasteiger partial charge on any atom is 0.333 e. The Morgan fingerprint density at radius 2 is 1.10 bits per heavy atom. The van der Waals surface area contributed by atoms with E-state index in [1.807, 2.05) is 0 Å². The first-order valence-corrected chi connectivity index (χ1v) is 24.8. The van der Waals surface area contributed by atoms with E-state index in [9.17, 15) is 0 Å². The average molecular weight is 888 g/mol. The molecular weight excluding hydrogens is 834 g/mol. The molecule has 2 aliphatic heterocycles. The SMILES string of the molecule is CC(C)(C)c1ccc2c(c1)c1cc(C(C)(C)C)cc3c1n2-c1cc2c(c4c1B3N(c1ccc(-c3ccccc3)cc1)c1c-4ccc3c4ccccc4n(-c4ccccc4)c13)C(C)(C)c1ccccc1-2. The molecule has 1 aliphatic carbocycles. The van der Waals surface area contributed by atoms with E-state index in [0.29, 0.717) is 0 Å². The Kier molecular flexibility index (Phi) is 8.10. The number of rotatable bonds is 3. The summed E-state index contributed by atoms with van der Waals surface area (Å²) >= 11 is 0. The lowest BCUT2D eigenvalue weighted by atomic mass is 9.43. The highest BCUT2D eigenvalue weighted by Crippen LogP contribution is 2.58. The number of aromatic nitrogens is 2. The summed E-state index contributed by atoms with van der Waals surface area (Å²) < 4.78 is 5.22. The summed E-state index contributed by atoms with van der Waals surface area (Å²) in [5.74, 6) is 0. The summed E-state index contributed by atoms with van der Waals surface area (Å²) in [4.78, 5) is 2.76. The molecule has 0 saturated carbocycles. The van der Waals surface area contributed by atoms with Crippen LogP contribution in [0.4, 0.5) is 11.4 Å². The van der Waals surface area contributed by atoms with E-state index in [1.54, 1.807) is 0 Å². The smallest absolute Gasteiger partial charge is 0.333 e. The fourth-order valence-corrected chi connectivity index (χ4v) is 12.8. The Balaban J connectivity index is 1.22. The molecule has 0 atom stereocenters. The lowest BCUT2D eigenvalue weighted by molar-refractivity contribution is 0.590. The van der Waals surface area contributed by atoms with Crippen LogP contribution in [-0.2, 0) is 16.2 Å². The minimum atomic E-state index is -0.262. The van der Waals surface area contributed by atoms with Crippen molar-refractivity contribution in [3.05, 3.63) is 204 Å². The summed E-state index contributed by atoms with van der Waals surface area (Å²) in [6.07, 6.45) is 0. The van der Waals surface area contributed by atoms with E-state index >= 15 is 0 Å². The van der Waals surface area contributed by atoms with Crippen molar-refractivity contribution in [1.82, 2.24) is 9.13 Å². The van der Waals surface area contributed by atoms with Gasteiger partial charge in [0.25, 0.3) is 0 Å². The molecule has 4 heteroatoms. The zero-order valence-corrected chi connectivity index (χ0v) is 40.7. The Labute approximate surface area is 405 Å². The number of benzene rings is 9. The number of para-hydroxylation sites is 2. The van der Waals surface area contributed by atoms with Gasteiger partial charge < -0.3 is 13.9 Å². The van der Waals surface area contributed by atoms with Crippen LogP contribution < -0.4 is 15.7 Å². The van der Waals surface area contributed by atoms with Gasteiger partial charge >= 0.3 is 6.85 Å². The molecule has 2 aromatic heterocycles. The Bertz CT molecular complexity index is 3990. The van der Waals surface area contributed by atoms with Crippen LogP contribution in [0, 0.1) is 0 Å². The van der Waals surface area contributed by atoms with Gasteiger partial charge in [0.1, 0.15) is 0 Å². The van der Waals surface area contributed by atoms with E-state index in [-0.39, 0.29) is 23.1 Å². The molecule has 69 heavy (non-hydrogen) atoms. The van der Waals surface area contributed by atoms with Crippen molar-refractivity contribution in [3.63, 3.8) is 0 Å². The van der Waals surface area contributed by atoms with Gasteiger partial charge in [-0.2, -0.15) is 0 Å². The molecule has 4 heterocycles. The van der Waals surface area contributed by atoms with E-state index in [2.05, 4.69) is 251 Å². The van der Waals surface area contributed by atoms with E-state index < -0.39 is 0 Å². The van der Waals surface area contributed by atoms with Gasteiger partial charge in [0.2, 0.25) is 0 Å². The largest absolute Gasteiger partial charge is 0.375 e. The topological polar surface area (TPSA) is 13.1 Å². The summed E-state index contributed by atoms with van der Waals surface area (Å²) in [5.41, 5.74) is 25.5. The fraction of sp³-hybridized carbons (Fsp3) is 0.169. The molecule has 0 radical (unpaired) electrons. The number of hydrogen-bond acceptors (Lipinski definition) is 1. The van der Waals surface area contributed by atoms with Crippen LogP contribution >= 0.6 is 0 Å². The Morgan fingerprint density at radius 3 is 1.86 bits per heavy atom. The summed E-state index contributed by atoms with van der Waals surface area (Å²) in [5, 5.41) is 5.16. The number of anilines is 2. The van der Waals surface area contributed by atoms with Crippen LogP contribution in [0.5, 0.6) is 0 Å². The first-order valence-electron chi connectivity index (χ1n) is 24.8. The fourth-order valence-electron chi connectivity index (χ4n) is 12.8. The predicted octanol–water partition coefficient (Wildman–Crippen LogP) is 15.7. The van der Waals surface area contributed by atoms with Crippen molar-refractivity contribution in [1.29, 1.82) is 0 Å². The van der Waals surface area contributed by atoms with Crippen molar-refractivity contribution in [2.24, 2.45) is 0 Å². The molecular formula is C65H54BN3. The minimum Gasteiger partial charge on any atom is -0.375 e. The lowest BCUT2D eigenvalue weighted by Crippen LogP contribution is -2.61. The van der Waals surface area contributed by atoms with Gasteiger partial charge in [0.05, 0.1) is 27.8 Å². The van der Waals surface area contributed by atoms with Crippen LogP contribution in [0.25, 0.3) is 88.4 Å². The van der Waals surface area contributed by atoms with Crippen molar-refractivity contribution < 1.29 is 0 Å². The quantitative estimate of drug-likeness (QED) is 0.161. The second-order valence-corrected chi connectivity index (χ2v) is 22.5. The first kappa shape index (κ1) is 40.5. The van der Waals surface area contributed by atoms with Crippen LogP contribution in [-0.4, -0.2) is 16.0 Å². The molecule has 0 N–H and O–H groups in total. The molecule has 14 rings (SSSR count). The highest BCUT2D eigenvalue weighted by molar-refractivity contribution is 6.94. The van der Waals surface area contributed by atoms with Crippen LogP contribution in [0.2, 0.25) is 0 Å². The van der Waals surface area contributed by atoms with Crippen molar-refractivity contribution >= 4 is 72.8 Å². The van der Waals surface area contributed by atoms with Crippen molar-refractivity contribution in [2.45, 2.75) is 71.6 Å². The van der Waals surface area contributed by atoms with Gasteiger partial charge in [-0.05, 0) is 126 Å². The normalized spacial score (nSPS) is 14.4. The lowest BCUT2D eigenvalue weighted by Gasteiger charge is -2.44. The number of hydrogen-bond donors (Lipinski definition) is 0. The molecule has 11 aromatic rings. The molecule has 0 unspecified atom stereocenters. The van der Waals surface area contributed by atoms with Gasteiger partial charge in [-0.15, -0.1) is 0 Å². The van der Waals surface area contributed by atoms with Crippen molar-refractivity contribution in [2.75, 3.05) is 4.81 Å². The number of nitrogens with zero attached hydrogens (tertiary/aromatic N) is 3. The first-order chi connectivity index (χ1) is 33.3. The van der Waals surface area contributed by atoms with E-state index in [4.69, 9.17) is 0 Å². The minimum absolute atomic E-state index is 0.00710. The van der Waals surface area contributed by atoms with Gasteiger partial charge in [0, 0.05) is 49.6 Å². The highest BCUT2D eigenvalue weighted by Gasteiger charge is 2.50. The monoisotopic (exact) mass is 887 g/mol. The predicted molar refractivity (Wildman–Crippen MR) is 295 cm³/mol. The van der Waals surface area contributed by atoms with Crippen LogP contribution in [0.3, 0.4) is 0 Å². The van der Waals surface area contributed by atoms with E-state index in [0.717, 1.165) is 5.69 Å². The molecule has 332 valence electrons. The summed E-state index contributed by atoms with van der Waals surface area (Å²) in [6.45, 7) is 18.9. The summed E-state index contributed by atoms with van der Waals surface area (Å²) in [6, 6.07) is 69.5. The number of fused-ring (bicyclic) bond motifs is 15. The van der Waals surface area contributed by atoms with Crippen LogP contribution in [0.15, 0.2) is 182 Å². The average Bonchev–Trinajstić information content (AvgIpc) is 3.96. The molecule has 0 spiro atoms. The molecule has 0 bridgehead atoms. The Hall–Kier alpha value is -7.56. The maximum atomic E-state index is 2.76. The third kappa shape index (κ3) is 5.46.